The van der Waals surface area contributed by atoms with Gasteiger partial charge in [0, 0.05) is 38.0 Å². The maximum absolute atomic E-state index is 12.6. The fourth-order valence-electron chi connectivity index (χ4n) is 10.4. The van der Waals surface area contributed by atoms with Crippen molar-refractivity contribution in [2.45, 2.75) is 324 Å². The van der Waals surface area contributed by atoms with E-state index in [1.807, 2.05) is 0 Å². The Morgan fingerprint density at radius 2 is 0.803 bits per heavy atom. The number of aliphatic hydroxyl groups excluding tert-OH is 1. The molecule has 0 saturated heterocycles. The lowest BCUT2D eigenvalue weighted by Gasteiger charge is -2.32. The average Bonchev–Trinajstić information content (AvgIpc) is 3.37. The maximum atomic E-state index is 12.6. The highest BCUT2D eigenvalue weighted by Crippen LogP contribution is 2.22. The van der Waals surface area contributed by atoms with E-state index >= 15 is 0 Å². The number of rotatable bonds is 58. The number of aliphatic hydroxyl groups is 1. The van der Waals surface area contributed by atoms with Crippen LogP contribution in [-0.4, -0.2) is 85.4 Å². The van der Waals surface area contributed by atoms with Gasteiger partial charge in [-0.3, -0.25) is 9.59 Å². The number of nitrogens with zero attached hydrogens (tertiary/aromatic N) is 2. The topological polar surface area (TPSA) is 79.3 Å². The van der Waals surface area contributed by atoms with Crippen LogP contribution in [0, 0.1) is 11.8 Å². The smallest absolute Gasteiger partial charge is 0.305 e. The lowest BCUT2D eigenvalue weighted by atomic mass is 9.96. The Balaban J connectivity index is 5.07. The van der Waals surface area contributed by atoms with Gasteiger partial charge in [-0.2, -0.15) is 0 Å². The monoisotopic (exact) mass is 1000 g/mol. The molecule has 0 aliphatic heterocycles. The summed E-state index contributed by atoms with van der Waals surface area (Å²) in [6.45, 7) is 21.0. The lowest BCUT2D eigenvalue weighted by Crippen LogP contribution is -2.37. The third-order valence-electron chi connectivity index (χ3n) is 15.2. The van der Waals surface area contributed by atoms with Crippen molar-refractivity contribution in [1.29, 1.82) is 0 Å². The van der Waals surface area contributed by atoms with Crippen molar-refractivity contribution < 1.29 is 24.2 Å². The van der Waals surface area contributed by atoms with Crippen molar-refractivity contribution in [2.75, 3.05) is 52.5 Å². The number of ether oxygens (including phenoxy) is 2. The SMILES string of the molecule is CCCC/C=C/C(CCCC)COC(=O)CCCCCCCCC(CCCCCCCCC(=O)OCC(CCCC)CCCCCC)N(CCCO)CCCCCCN(CCCCCC)CCCCCC. The first-order valence-electron chi connectivity index (χ1n) is 31.9. The van der Waals surface area contributed by atoms with Gasteiger partial charge >= 0.3 is 11.9 Å². The fraction of sp³-hybridized carbons (Fsp3) is 0.938. The maximum Gasteiger partial charge on any atom is 0.305 e. The van der Waals surface area contributed by atoms with Gasteiger partial charge in [0.1, 0.15) is 0 Å². The molecule has 7 nitrogen and oxygen atoms in total. The van der Waals surface area contributed by atoms with Crippen molar-refractivity contribution in [3.63, 3.8) is 0 Å². The summed E-state index contributed by atoms with van der Waals surface area (Å²) in [6.07, 6.45) is 56.0. The van der Waals surface area contributed by atoms with Crippen molar-refractivity contribution in [2.24, 2.45) is 11.8 Å². The van der Waals surface area contributed by atoms with E-state index in [-0.39, 0.29) is 18.5 Å². The van der Waals surface area contributed by atoms with E-state index in [2.05, 4.69) is 63.5 Å². The molecular weight excluding hydrogens is 877 g/mol. The van der Waals surface area contributed by atoms with E-state index in [0.717, 1.165) is 58.0 Å². The zero-order valence-corrected chi connectivity index (χ0v) is 48.9. The number of hydrogen-bond acceptors (Lipinski definition) is 7. The molecule has 0 aliphatic carbocycles. The van der Waals surface area contributed by atoms with Gasteiger partial charge in [-0.25, -0.2) is 0 Å². The lowest BCUT2D eigenvalue weighted by molar-refractivity contribution is -0.146. The molecule has 0 rings (SSSR count). The quantitative estimate of drug-likeness (QED) is 0.0369. The molecule has 0 aromatic rings. The minimum atomic E-state index is -0.0218. The summed E-state index contributed by atoms with van der Waals surface area (Å²) in [4.78, 5) is 30.8. The molecular formula is C64H126N2O5. The summed E-state index contributed by atoms with van der Waals surface area (Å²) < 4.78 is 11.6. The Morgan fingerprint density at radius 3 is 1.32 bits per heavy atom. The second kappa shape index (κ2) is 56.3. The van der Waals surface area contributed by atoms with Crippen molar-refractivity contribution in [3.8, 4) is 0 Å². The zero-order chi connectivity index (χ0) is 51.9. The molecule has 0 aromatic carbocycles. The molecule has 0 bridgehead atoms. The summed E-state index contributed by atoms with van der Waals surface area (Å²) in [7, 11) is 0. The van der Waals surface area contributed by atoms with Crippen LogP contribution in [0.5, 0.6) is 0 Å². The molecule has 1 N–H and O–H groups in total. The third kappa shape index (κ3) is 48.0. The first-order valence-corrected chi connectivity index (χ1v) is 31.9. The second-order valence-electron chi connectivity index (χ2n) is 22.2. The zero-order valence-electron chi connectivity index (χ0n) is 48.9. The molecule has 0 fully saturated rings. The van der Waals surface area contributed by atoms with E-state index in [1.165, 1.54) is 238 Å². The predicted octanol–water partition coefficient (Wildman–Crippen LogP) is 18.7. The Hall–Kier alpha value is -1.44. The van der Waals surface area contributed by atoms with Gasteiger partial charge < -0.3 is 24.4 Å². The van der Waals surface area contributed by atoms with E-state index in [9.17, 15) is 14.7 Å². The molecule has 0 saturated carbocycles. The number of unbranched alkanes of at least 4 members (excludes halogenated alkanes) is 26. The largest absolute Gasteiger partial charge is 0.465 e. The number of hydrogen-bond donors (Lipinski definition) is 1. The summed E-state index contributed by atoms with van der Waals surface area (Å²) in [5.41, 5.74) is 0. The first-order chi connectivity index (χ1) is 34.9. The van der Waals surface area contributed by atoms with Crippen LogP contribution in [0.15, 0.2) is 12.2 Å². The van der Waals surface area contributed by atoms with Crippen LogP contribution in [0.2, 0.25) is 0 Å². The Kier molecular flexibility index (Phi) is 55.1. The van der Waals surface area contributed by atoms with Crippen molar-refractivity contribution in [1.82, 2.24) is 9.80 Å². The molecule has 0 heterocycles. The Bertz CT molecular complexity index is 1100. The van der Waals surface area contributed by atoms with Gasteiger partial charge in [0.2, 0.25) is 0 Å². The highest BCUT2D eigenvalue weighted by atomic mass is 16.5. The van der Waals surface area contributed by atoms with Crippen LogP contribution in [0.4, 0.5) is 0 Å². The van der Waals surface area contributed by atoms with Crippen molar-refractivity contribution in [3.05, 3.63) is 12.2 Å². The van der Waals surface area contributed by atoms with E-state index in [4.69, 9.17) is 9.47 Å². The molecule has 7 heteroatoms. The molecule has 0 spiro atoms. The molecule has 3 unspecified atom stereocenters. The summed E-state index contributed by atoms with van der Waals surface area (Å²) in [6, 6.07) is 0.586. The van der Waals surface area contributed by atoms with Gasteiger partial charge in [-0.1, -0.05) is 233 Å². The molecule has 3 atom stereocenters. The standard InChI is InChI=1S/C64H126N2O5/c1-7-13-19-33-46-60(44-17-11-5)58-70-63(68)50-37-29-25-23-27-35-48-62(49-36-28-24-26-30-38-51-64(69)71-59-61(45-18-12-6)47-34-20-14-8-2)66(56-43-57-67)55-42-32-31-41-54-65(52-39-21-15-9-3)53-40-22-16-10-4/h33,46,60-62,67H,7-32,34-45,47-59H2,1-6H3/b46-33+. The van der Waals surface area contributed by atoms with Gasteiger partial charge in [0.25, 0.3) is 0 Å². The second-order valence-corrected chi connectivity index (χ2v) is 22.2. The number of allylic oxidation sites excluding steroid dienone is 1. The minimum Gasteiger partial charge on any atom is -0.465 e. The van der Waals surface area contributed by atoms with Gasteiger partial charge in [0.15, 0.2) is 0 Å². The number of carbonyl (C=O) groups is 2. The van der Waals surface area contributed by atoms with Gasteiger partial charge in [-0.15, -0.1) is 0 Å². The van der Waals surface area contributed by atoms with Gasteiger partial charge in [0.05, 0.1) is 13.2 Å². The van der Waals surface area contributed by atoms with Crippen LogP contribution in [0.3, 0.4) is 0 Å². The van der Waals surface area contributed by atoms with Crippen LogP contribution in [-0.2, 0) is 19.1 Å². The number of esters is 2. The molecule has 0 aromatic heterocycles. The molecule has 0 radical (unpaired) electrons. The predicted molar refractivity (Wildman–Crippen MR) is 309 cm³/mol. The van der Waals surface area contributed by atoms with Crippen LogP contribution < -0.4 is 0 Å². The molecule has 0 aliphatic rings. The first kappa shape index (κ1) is 69.6. The third-order valence-corrected chi connectivity index (χ3v) is 15.2. The molecule has 0 amide bonds. The average molecular weight is 1000 g/mol. The van der Waals surface area contributed by atoms with Crippen molar-refractivity contribution >= 4 is 11.9 Å². The molecule has 71 heavy (non-hydrogen) atoms. The van der Waals surface area contributed by atoms with Gasteiger partial charge in [-0.05, 0) is 116 Å². The fourth-order valence-corrected chi connectivity index (χ4v) is 10.4. The highest BCUT2D eigenvalue weighted by molar-refractivity contribution is 5.69. The normalized spacial score (nSPS) is 13.2. The summed E-state index contributed by atoms with van der Waals surface area (Å²) >= 11 is 0. The number of carbonyl (C=O) groups excluding carboxylic acids is 2. The van der Waals surface area contributed by atoms with E-state index in [1.54, 1.807) is 0 Å². The Labute approximate surface area is 444 Å². The molecule has 422 valence electrons. The summed E-state index contributed by atoms with van der Waals surface area (Å²) in [5, 5.41) is 9.95. The summed E-state index contributed by atoms with van der Waals surface area (Å²) in [5.74, 6) is 0.875. The van der Waals surface area contributed by atoms with Crippen LogP contribution in [0.25, 0.3) is 0 Å². The highest BCUT2D eigenvalue weighted by Gasteiger charge is 2.18. The Morgan fingerprint density at radius 1 is 0.408 bits per heavy atom. The van der Waals surface area contributed by atoms with Crippen LogP contribution in [0.1, 0.15) is 318 Å². The van der Waals surface area contributed by atoms with Crippen LogP contribution >= 0.6 is 0 Å². The minimum absolute atomic E-state index is 0.0102. The van der Waals surface area contributed by atoms with E-state index in [0.29, 0.717) is 43.9 Å². The van der Waals surface area contributed by atoms with E-state index < -0.39 is 0 Å².